The first-order valence-corrected chi connectivity index (χ1v) is 18.6. The van der Waals surface area contributed by atoms with Crippen molar-refractivity contribution < 1.29 is 14.2 Å². The van der Waals surface area contributed by atoms with Crippen molar-refractivity contribution >= 4 is 68.5 Å². The molecule has 2 amide bonds. The van der Waals surface area contributed by atoms with Crippen LogP contribution in [0.5, 0.6) is 0 Å². The number of hydrogen-bond donors (Lipinski definition) is 2. The minimum Gasteiger partial charge on any atom is -0.354 e. The Morgan fingerprint density at radius 1 is 0.771 bits per heavy atom. The Hall–Kier alpha value is -4.66. The second-order valence-electron chi connectivity index (χ2n) is 11.2. The largest absolute Gasteiger partial charge is 0.354 e. The fourth-order valence-electron chi connectivity index (χ4n) is 4.68. The molecular weight excluding hydrogens is 633 g/mol. The summed E-state index contributed by atoms with van der Waals surface area (Å²) in [6.45, 7) is 5.17. The number of nitrogens with one attached hydrogen (secondary N) is 2. The van der Waals surface area contributed by atoms with Crippen LogP contribution in [0.3, 0.4) is 0 Å². The van der Waals surface area contributed by atoms with Gasteiger partial charge in [-0.3, -0.25) is 14.6 Å². The van der Waals surface area contributed by atoms with Crippen LogP contribution in [0.4, 0.5) is 0 Å². The third-order valence-electron chi connectivity index (χ3n) is 7.47. The summed E-state index contributed by atoms with van der Waals surface area (Å²) >= 11 is 0. The lowest BCUT2D eigenvalue weighted by Crippen LogP contribution is -2.45. The van der Waals surface area contributed by atoms with Crippen LogP contribution < -0.4 is 15.2 Å². The van der Waals surface area contributed by atoms with Gasteiger partial charge in [-0.25, -0.2) is 0 Å². The predicted molar refractivity (Wildman–Crippen MR) is 205 cm³/mol. The van der Waals surface area contributed by atoms with Gasteiger partial charge in [-0.1, -0.05) is 107 Å². The van der Waals surface area contributed by atoms with E-state index in [9.17, 15) is 9.59 Å². The van der Waals surface area contributed by atoms with Gasteiger partial charge >= 0.3 is 0 Å². The first kappa shape index (κ1) is 34.7. The highest BCUT2D eigenvalue weighted by molar-refractivity contribution is 8.76. The quantitative estimate of drug-likeness (QED) is 0.0463. The van der Waals surface area contributed by atoms with Crippen molar-refractivity contribution in [3.05, 3.63) is 144 Å². The summed E-state index contributed by atoms with van der Waals surface area (Å²) in [6.07, 6.45) is 21.9. The summed E-state index contributed by atoms with van der Waals surface area (Å²) in [5.74, 6) is 1.40. The van der Waals surface area contributed by atoms with E-state index in [1.165, 1.54) is 22.3 Å². The number of aromatic nitrogens is 1. The van der Waals surface area contributed by atoms with E-state index in [1.807, 2.05) is 59.3 Å². The Balaban J connectivity index is 0.945. The lowest BCUT2D eigenvalue weighted by molar-refractivity contribution is -0.686. The predicted octanol–water partition coefficient (Wildman–Crippen LogP) is 7.23. The smallest absolute Gasteiger partial charge is 0.286 e. The maximum Gasteiger partial charge on any atom is 0.286 e. The van der Waals surface area contributed by atoms with Crippen LogP contribution >= 0.6 is 21.6 Å². The molecule has 2 aliphatic carbocycles. The van der Waals surface area contributed by atoms with Crippen LogP contribution in [0.1, 0.15) is 40.8 Å². The number of aliphatic imine (C=N–C) groups is 1. The maximum absolute atomic E-state index is 12.6. The highest BCUT2D eigenvalue weighted by atomic mass is 33.1. The molecule has 0 fully saturated rings. The van der Waals surface area contributed by atoms with Crippen LogP contribution in [0.25, 0.3) is 29.4 Å². The molecule has 0 radical (unpaired) electrons. The molecule has 1 heterocycles. The van der Waals surface area contributed by atoms with Crippen LogP contribution in [0, 0.1) is 0 Å². The minimum absolute atomic E-state index is 0.0252. The zero-order valence-corrected chi connectivity index (χ0v) is 28.6. The molecule has 8 heteroatoms. The molecule has 2 aromatic carbocycles. The van der Waals surface area contributed by atoms with Crippen LogP contribution in [-0.2, 0) is 16.1 Å². The van der Waals surface area contributed by atoms with Gasteiger partial charge in [0.1, 0.15) is 6.54 Å². The molecule has 48 heavy (non-hydrogen) atoms. The van der Waals surface area contributed by atoms with E-state index in [1.54, 1.807) is 27.7 Å². The summed E-state index contributed by atoms with van der Waals surface area (Å²) in [5.41, 5.74) is 9.25. The monoisotopic (exact) mass is 673 g/mol. The molecular formula is C40H41N4O2S2+. The number of hydrogen-bond acceptors (Lipinski definition) is 5. The van der Waals surface area contributed by atoms with Crippen molar-refractivity contribution in [3.8, 4) is 0 Å². The third-order valence-corrected chi connectivity index (χ3v) is 9.88. The minimum atomic E-state index is -0.121. The highest BCUT2D eigenvalue weighted by Crippen LogP contribution is 2.31. The molecule has 244 valence electrons. The fourth-order valence-corrected chi connectivity index (χ4v) is 6.49. The second-order valence-corrected chi connectivity index (χ2v) is 13.9. The topological polar surface area (TPSA) is 74.4 Å². The van der Waals surface area contributed by atoms with Gasteiger partial charge in [0.25, 0.3) is 5.91 Å². The summed E-state index contributed by atoms with van der Waals surface area (Å²) < 4.78 is 1.95. The Morgan fingerprint density at radius 3 is 1.98 bits per heavy atom. The molecule has 0 atom stereocenters. The van der Waals surface area contributed by atoms with Gasteiger partial charge in [0, 0.05) is 42.8 Å². The van der Waals surface area contributed by atoms with Gasteiger partial charge in [-0.05, 0) is 70.5 Å². The number of rotatable bonds is 19. The van der Waals surface area contributed by atoms with E-state index in [4.69, 9.17) is 0 Å². The SMILES string of the molecule is C=C/C=C\C(/C=C/c1ccc(C2=CC2)cc1)=NCC(=O)NCCSSCCNC(=O)C[n+]1ccccc1/C=C/c1ccc(C2=CC2)cc1. The van der Waals surface area contributed by atoms with E-state index >= 15 is 0 Å². The standard InChI is InChI=1S/C40H40N4O2S2/c1-2-3-6-37(22-12-31-8-14-33(15-9-31)35-18-19-35)43-29-39(45)41-24-27-47-48-28-25-42-40(46)30-44-26-5-4-7-38(44)23-13-32-10-16-34(17-11-32)36-20-21-36/h2-18,20,22-23,26H,1,19,21,24-25,27-30H2,(H-,41,42,45,46)/p+1/b6-3-,22-12+,23-13+,43-37?. The van der Waals surface area contributed by atoms with Gasteiger partial charge in [-0.2, -0.15) is 4.57 Å². The molecule has 0 unspecified atom stereocenters. The lowest BCUT2D eigenvalue weighted by atomic mass is 10.1. The van der Waals surface area contributed by atoms with E-state index in [0.29, 0.717) is 18.8 Å². The third kappa shape index (κ3) is 12.2. The van der Waals surface area contributed by atoms with Crippen LogP contribution in [-0.4, -0.2) is 48.7 Å². The summed E-state index contributed by atoms with van der Waals surface area (Å²) in [6, 6.07) is 22.9. The average molecular weight is 674 g/mol. The van der Waals surface area contributed by atoms with Crippen molar-refractivity contribution in [3.63, 3.8) is 0 Å². The van der Waals surface area contributed by atoms with Crippen LogP contribution in [0.2, 0.25) is 0 Å². The molecule has 2 N–H and O–H groups in total. The molecule has 3 aromatic rings. The highest BCUT2D eigenvalue weighted by Gasteiger charge is 2.13. The summed E-state index contributed by atoms with van der Waals surface area (Å²) in [4.78, 5) is 29.5. The van der Waals surface area contributed by atoms with Crippen molar-refractivity contribution in [2.45, 2.75) is 19.4 Å². The van der Waals surface area contributed by atoms with Gasteiger partial charge in [0.15, 0.2) is 6.20 Å². The maximum atomic E-state index is 12.6. The molecule has 0 bridgehead atoms. The van der Waals surface area contributed by atoms with Crippen molar-refractivity contribution in [1.82, 2.24) is 10.6 Å². The first-order valence-electron chi connectivity index (χ1n) is 16.1. The molecule has 6 nitrogen and oxygen atoms in total. The zero-order chi connectivity index (χ0) is 33.4. The number of carbonyl (C=O) groups is 2. The number of benzene rings is 2. The Kier molecular flexibility index (Phi) is 13.4. The molecule has 0 aliphatic heterocycles. The van der Waals surface area contributed by atoms with E-state index in [-0.39, 0.29) is 24.9 Å². The molecule has 0 spiro atoms. The lowest BCUT2D eigenvalue weighted by Gasteiger charge is -2.05. The summed E-state index contributed by atoms with van der Waals surface area (Å²) in [7, 11) is 3.35. The van der Waals surface area contributed by atoms with E-state index < -0.39 is 0 Å². The normalized spacial score (nSPS) is 13.9. The Morgan fingerprint density at radius 2 is 1.38 bits per heavy atom. The van der Waals surface area contributed by atoms with E-state index in [2.05, 4.69) is 89.0 Å². The Labute approximate surface area is 291 Å². The first-order chi connectivity index (χ1) is 23.6. The number of pyridine rings is 1. The zero-order valence-electron chi connectivity index (χ0n) is 27.0. The second kappa shape index (κ2) is 18.6. The van der Waals surface area contributed by atoms with Gasteiger partial charge in [0.2, 0.25) is 18.1 Å². The Bertz CT molecular complexity index is 1770. The van der Waals surface area contributed by atoms with Crippen molar-refractivity contribution in [1.29, 1.82) is 0 Å². The fraction of sp³-hybridized carbons (Fsp3) is 0.200. The molecule has 5 rings (SSSR count). The van der Waals surface area contributed by atoms with Gasteiger partial charge in [-0.15, -0.1) is 0 Å². The molecule has 2 aliphatic rings. The van der Waals surface area contributed by atoms with E-state index in [0.717, 1.165) is 41.2 Å². The summed E-state index contributed by atoms with van der Waals surface area (Å²) in [5, 5.41) is 5.94. The molecule has 0 saturated heterocycles. The van der Waals surface area contributed by atoms with Crippen molar-refractivity contribution in [2.75, 3.05) is 31.1 Å². The average Bonchev–Trinajstić information content (AvgIpc) is 4.04. The number of allylic oxidation sites excluding steroid dienone is 8. The number of nitrogens with zero attached hydrogens (tertiary/aromatic N) is 2. The number of carbonyl (C=O) groups excluding carboxylic acids is 2. The van der Waals surface area contributed by atoms with Gasteiger partial charge < -0.3 is 10.6 Å². The van der Waals surface area contributed by atoms with Crippen LogP contribution in [0.15, 0.2) is 121 Å². The molecule has 1 aromatic heterocycles. The van der Waals surface area contributed by atoms with Crippen molar-refractivity contribution in [2.24, 2.45) is 4.99 Å². The van der Waals surface area contributed by atoms with Gasteiger partial charge in [0.05, 0.1) is 5.71 Å². The number of amides is 2. The molecule has 0 saturated carbocycles.